The summed E-state index contributed by atoms with van der Waals surface area (Å²) in [5.41, 5.74) is 7.85. The summed E-state index contributed by atoms with van der Waals surface area (Å²) in [4.78, 5) is 12.2. The largest absolute Gasteiger partial charge is 0.365 e. The molecule has 2 atom stereocenters. The molecular weight excluding hydrogens is 200 g/mol. The molecule has 1 unspecified atom stereocenters. The van der Waals surface area contributed by atoms with Gasteiger partial charge in [0.25, 0.3) is 5.91 Å². The monoisotopic (exact) mass is 221 g/mol. The molecule has 0 aliphatic rings. The minimum Gasteiger partial charge on any atom is -0.365 e. The predicted molar refractivity (Wildman–Crippen MR) is 65.1 cm³/mol. The molecule has 1 rings (SSSR count). The van der Waals surface area contributed by atoms with Crippen molar-refractivity contribution in [1.29, 1.82) is 0 Å². The van der Waals surface area contributed by atoms with E-state index in [4.69, 9.17) is 5.73 Å². The van der Waals surface area contributed by atoms with Crippen LogP contribution in [-0.2, 0) is 17.8 Å². The van der Waals surface area contributed by atoms with Crippen molar-refractivity contribution in [2.24, 2.45) is 5.73 Å². The zero-order valence-corrected chi connectivity index (χ0v) is 10.3. The van der Waals surface area contributed by atoms with E-state index in [0.717, 1.165) is 17.9 Å². The van der Waals surface area contributed by atoms with Crippen molar-refractivity contribution in [1.82, 2.24) is 0 Å². The summed E-state index contributed by atoms with van der Waals surface area (Å²) in [6, 6.07) is 8.37. The molecule has 0 spiro atoms. The number of likely N-dealkylation sites (N-methyl/N-ethyl adjacent to an activating group) is 1. The van der Waals surface area contributed by atoms with Gasteiger partial charge in [0.05, 0.1) is 7.05 Å². The van der Waals surface area contributed by atoms with Crippen LogP contribution in [0.5, 0.6) is 0 Å². The average molecular weight is 221 g/mol. The smallest absolute Gasteiger partial charge is 0.275 e. The van der Waals surface area contributed by atoms with Crippen molar-refractivity contribution < 1.29 is 9.69 Å². The molecule has 0 heterocycles. The van der Waals surface area contributed by atoms with Gasteiger partial charge in [-0.15, -0.1) is 0 Å². The third kappa shape index (κ3) is 3.35. The Morgan fingerprint density at radius 2 is 1.81 bits per heavy atom. The van der Waals surface area contributed by atoms with Gasteiger partial charge in [0.15, 0.2) is 6.04 Å². The van der Waals surface area contributed by atoms with Gasteiger partial charge in [-0.05, 0) is 18.9 Å². The van der Waals surface area contributed by atoms with E-state index in [1.165, 1.54) is 11.1 Å². The molecule has 1 amide bonds. The Balaban J connectivity index is 2.62. The molecule has 0 aliphatic carbocycles. The Morgan fingerprint density at radius 3 is 2.25 bits per heavy atom. The summed E-state index contributed by atoms with van der Waals surface area (Å²) in [6.07, 6.45) is 1.06. The minimum absolute atomic E-state index is 0.147. The SMILES string of the molecule is CCc1ccc(C[NH+](C)[C@@H](C)C(N)=O)cc1. The molecule has 0 aromatic heterocycles. The molecule has 0 saturated carbocycles. The average Bonchev–Trinajstić information content (AvgIpc) is 2.28. The highest BCUT2D eigenvalue weighted by atomic mass is 16.1. The summed E-state index contributed by atoms with van der Waals surface area (Å²) in [7, 11) is 1.99. The maximum atomic E-state index is 11.0. The minimum atomic E-state index is -0.248. The molecule has 0 aliphatic heterocycles. The standard InChI is InChI=1S/C13H20N2O/c1-4-11-5-7-12(8-6-11)9-15(3)10(2)13(14)16/h5-8,10H,4,9H2,1-3H3,(H2,14,16)/p+1/t10-/m0/s1. The number of aryl methyl sites for hydroxylation is 1. The van der Waals surface area contributed by atoms with Crippen LogP contribution in [0.1, 0.15) is 25.0 Å². The van der Waals surface area contributed by atoms with Gasteiger partial charge in [-0.2, -0.15) is 0 Å². The molecule has 0 saturated heterocycles. The van der Waals surface area contributed by atoms with Gasteiger partial charge in [-0.1, -0.05) is 31.2 Å². The lowest BCUT2D eigenvalue weighted by Crippen LogP contribution is -3.12. The van der Waals surface area contributed by atoms with Gasteiger partial charge < -0.3 is 10.6 Å². The van der Waals surface area contributed by atoms with E-state index in [1.807, 2.05) is 14.0 Å². The van der Waals surface area contributed by atoms with E-state index >= 15 is 0 Å². The fourth-order valence-electron chi connectivity index (χ4n) is 1.61. The highest BCUT2D eigenvalue weighted by Crippen LogP contribution is 2.03. The number of benzene rings is 1. The van der Waals surface area contributed by atoms with E-state index in [2.05, 4.69) is 31.2 Å². The quantitative estimate of drug-likeness (QED) is 0.730. The third-order valence-electron chi connectivity index (χ3n) is 3.08. The highest BCUT2D eigenvalue weighted by Gasteiger charge is 2.18. The second-order valence-electron chi connectivity index (χ2n) is 4.32. The number of carbonyl (C=O) groups excluding carboxylic acids is 1. The first kappa shape index (κ1) is 12.7. The Morgan fingerprint density at radius 1 is 1.31 bits per heavy atom. The normalized spacial score (nSPS) is 14.4. The van der Waals surface area contributed by atoms with Gasteiger partial charge in [-0.25, -0.2) is 0 Å². The summed E-state index contributed by atoms with van der Waals surface area (Å²) in [5.74, 6) is -0.248. The number of rotatable bonds is 5. The summed E-state index contributed by atoms with van der Waals surface area (Å²) >= 11 is 0. The first-order chi connectivity index (χ1) is 7.54. The van der Waals surface area contributed by atoms with E-state index < -0.39 is 0 Å². The van der Waals surface area contributed by atoms with Crippen LogP contribution in [0.3, 0.4) is 0 Å². The lowest BCUT2D eigenvalue weighted by Gasteiger charge is -2.19. The fourth-order valence-corrected chi connectivity index (χ4v) is 1.61. The molecule has 3 heteroatoms. The third-order valence-corrected chi connectivity index (χ3v) is 3.08. The Kier molecular flexibility index (Phi) is 4.50. The van der Waals surface area contributed by atoms with Crippen LogP contribution in [0.15, 0.2) is 24.3 Å². The molecule has 3 nitrogen and oxygen atoms in total. The molecule has 16 heavy (non-hydrogen) atoms. The molecule has 0 bridgehead atoms. The van der Waals surface area contributed by atoms with Crippen molar-refractivity contribution in [2.45, 2.75) is 32.9 Å². The van der Waals surface area contributed by atoms with Gasteiger partial charge in [0.2, 0.25) is 0 Å². The summed E-state index contributed by atoms with van der Waals surface area (Å²) < 4.78 is 0. The van der Waals surface area contributed by atoms with Crippen molar-refractivity contribution in [3.8, 4) is 0 Å². The zero-order valence-electron chi connectivity index (χ0n) is 10.3. The Hall–Kier alpha value is -1.35. The van der Waals surface area contributed by atoms with Crippen molar-refractivity contribution in [3.05, 3.63) is 35.4 Å². The van der Waals surface area contributed by atoms with E-state index in [-0.39, 0.29) is 11.9 Å². The lowest BCUT2D eigenvalue weighted by atomic mass is 10.1. The van der Waals surface area contributed by atoms with E-state index in [9.17, 15) is 4.79 Å². The van der Waals surface area contributed by atoms with Gasteiger partial charge in [0, 0.05) is 5.56 Å². The lowest BCUT2D eigenvalue weighted by molar-refractivity contribution is -0.908. The number of primary amides is 1. The zero-order chi connectivity index (χ0) is 12.1. The molecule has 88 valence electrons. The second kappa shape index (κ2) is 5.66. The van der Waals surface area contributed by atoms with Crippen LogP contribution >= 0.6 is 0 Å². The Labute approximate surface area is 97.2 Å². The molecular formula is C13H21N2O+. The summed E-state index contributed by atoms with van der Waals surface area (Å²) in [5, 5.41) is 0. The van der Waals surface area contributed by atoms with Crippen molar-refractivity contribution in [2.75, 3.05) is 7.05 Å². The first-order valence-corrected chi connectivity index (χ1v) is 5.74. The first-order valence-electron chi connectivity index (χ1n) is 5.74. The number of quaternary nitrogens is 1. The van der Waals surface area contributed by atoms with Crippen LogP contribution < -0.4 is 10.6 Å². The van der Waals surface area contributed by atoms with Gasteiger partial charge >= 0.3 is 0 Å². The summed E-state index contributed by atoms with van der Waals surface area (Å²) in [6.45, 7) is 4.83. The maximum absolute atomic E-state index is 11.0. The molecule has 0 fully saturated rings. The number of nitrogens with two attached hydrogens (primary N) is 1. The highest BCUT2D eigenvalue weighted by molar-refractivity contribution is 5.77. The van der Waals surface area contributed by atoms with Crippen LogP contribution in [0.4, 0.5) is 0 Å². The topological polar surface area (TPSA) is 47.5 Å². The van der Waals surface area contributed by atoms with Crippen molar-refractivity contribution >= 4 is 5.91 Å². The number of amides is 1. The molecule has 1 aromatic carbocycles. The van der Waals surface area contributed by atoms with Crippen LogP contribution in [-0.4, -0.2) is 19.0 Å². The van der Waals surface area contributed by atoms with Crippen molar-refractivity contribution in [3.63, 3.8) is 0 Å². The molecule has 0 radical (unpaired) electrons. The number of hydrogen-bond donors (Lipinski definition) is 2. The molecule has 1 aromatic rings. The van der Waals surface area contributed by atoms with Gasteiger partial charge in [-0.3, -0.25) is 4.79 Å². The number of nitrogens with one attached hydrogen (secondary N) is 1. The predicted octanol–water partition coefficient (Wildman–Crippen LogP) is 0.138. The number of carbonyl (C=O) groups is 1. The Bertz CT molecular complexity index is 345. The maximum Gasteiger partial charge on any atom is 0.275 e. The van der Waals surface area contributed by atoms with Gasteiger partial charge in [0.1, 0.15) is 6.54 Å². The van der Waals surface area contributed by atoms with Crippen LogP contribution in [0.25, 0.3) is 0 Å². The molecule has 3 N–H and O–H groups in total. The van der Waals surface area contributed by atoms with E-state index in [0.29, 0.717) is 0 Å². The van der Waals surface area contributed by atoms with Crippen LogP contribution in [0, 0.1) is 0 Å². The fraction of sp³-hybridized carbons (Fsp3) is 0.462. The second-order valence-corrected chi connectivity index (χ2v) is 4.32. The van der Waals surface area contributed by atoms with E-state index in [1.54, 1.807) is 0 Å². The van der Waals surface area contributed by atoms with Crippen LogP contribution in [0.2, 0.25) is 0 Å². The number of hydrogen-bond acceptors (Lipinski definition) is 1.